The van der Waals surface area contributed by atoms with E-state index in [1.54, 1.807) is 30.3 Å². The molecule has 0 saturated heterocycles. The Morgan fingerprint density at radius 2 is 1.69 bits per heavy atom. The summed E-state index contributed by atoms with van der Waals surface area (Å²) in [5.41, 5.74) is 0.485. The molecule has 2 atom stereocenters. The largest absolute Gasteiger partial charge is 0 e. The maximum atomic E-state index is 10.4. The molecule has 13 heavy (non-hydrogen) atoms. The zero-order chi connectivity index (χ0) is 8.27. The molecule has 3 nitrogen and oxygen atoms in total. The number of aliphatic hydroxyl groups excluding tert-OH is 1. The summed E-state index contributed by atoms with van der Waals surface area (Å²) in [5.74, 6) is -1.22. The molecule has 2 unspecified atom stereocenters. The summed E-state index contributed by atoms with van der Waals surface area (Å²) in [6, 6.07) is 8.43. The van der Waals surface area contributed by atoms with Crippen molar-refractivity contribution in [3.63, 3.8) is 0 Å². The van der Waals surface area contributed by atoms with Crippen LogP contribution in [-0.2, 0) is 26.3 Å². The predicted molar refractivity (Wildman–Crippen MR) is 49.8 cm³/mol. The van der Waals surface area contributed by atoms with Crippen LogP contribution in [0.1, 0.15) is 11.4 Å². The molecule has 0 fully saturated rings. The normalized spacial score (nSPS) is 13.4. The van der Waals surface area contributed by atoms with Crippen molar-refractivity contribution in [2.45, 2.75) is 5.85 Å². The Kier molecular flexibility index (Phi) is 9.96. The molecule has 0 aliphatic carbocycles. The van der Waals surface area contributed by atoms with E-state index in [-0.39, 0.29) is 40.6 Å². The molecule has 0 amide bonds. The van der Waals surface area contributed by atoms with Gasteiger partial charge in [-0.25, -0.2) is 0 Å². The van der Waals surface area contributed by atoms with E-state index in [0.717, 1.165) is 0 Å². The van der Waals surface area contributed by atoms with E-state index in [0.29, 0.717) is 5.56 Å². The number of aliphatic hydroxyl groups is 1. The summed E-state index contributed by atoms with van der Waals surface area (Å²) >= 11 is 0. The van der Waals surface area contributed by atoms with E-state index >= 15 is 0 Å². The molecule has 0 radical (unpaired) electrons. The van der Waals surface area contributed by atoms with Crippen LogP contribution < -0.4 is 0 Å². The van der Waals surface area contributed by atoms with E-state index < -0.39 is 13.9 Å². The van der Waals surface area contributed by atoms with Crippen molar-refractivity contribution < 1.29 is 36.3 Å². The van der Waals surface area contributed by atoms with Gasteiger partial charge >= 0.3 is 18.9 Å². The Labute approximate surface area is 104 Å². The third-order valence-corrected chi connectivity index (χ3v) is 2.15. The van der Waals surface area contributed by atoms with E-state index in [2.05, 4.69) is 0 Å². The molecule has 0 spiro atoms. The second-order valence-electron chi connectivity index (χ2n) is 2.15. The topological polar surface area (TPSA) is 57.5 Å². The average molecular weight is 228 g/mol. The summed E-state index contributed by atoms with van der Waals surface area (Å²) in [4.78, 5) is 8.57. The molecule has 0 aliphatic heterocycles. The van der Waals surface area contributed by atoms with E-state index in [9.17, 15) is 4.57 Å². The Bertz CT molecular complexity index is 257. The minimum atomic E-state index is -2.86. The summed E-state index contributed by atoms with van der Waals surface area (Å²) in [6.07, 6.45) is 0. The van der Waals surface area contributed by atoms with Crippen LogP contribution in [0, 0.1) is 0 Å². The molecule has 6 heteroatoms. The first-order valence-corrected chi connectivity index (χ1v) is 4.61. The van der Waals surface area contributed by atoms with E-state index in [1.807, 2.05) is 0 Å². The second-order valence-corrected chi connectivity index (χ2v) is 3.37. The molecule has 0 saturated carbocycles. The Morgan fingerprint density at radius 1 is 1.23 bits per heavy atom. The summed E-state index contributed by atoms with van der Waals surface area (Å²) in [5, 5.41) is 9.08. The number of hydrogen-bond donors (Lipinski definition) is 2. The van der Waals surface area contributed by atoms with Gasteiger partial charge in [-0.2, -0.15) is 0 Å². The first kappa shape index (κ1) is 16.1. The Balaban J connectivity index is 0. The first-order chi connectivity index (χ1) is 5.22. The van der Waals surface area contributed by atoms with Crippen LogP contribution in [0.5, 0.6) is 0 Å². The van der Waals surface area contributed by atoms with Crippen LogP contribution in [0.25, 0.3) is 0 Å². The smallest absolute Gasteiger partial charge is 0 e. The van der Waals surface area contributed by atoms with Gasteiger partial charge in [0.05, 0.1) is 0 Å². The number of rotatable bonds is 2. The van der Waals surface area contributed by atoms with Crippen molar-refractivity contribution in [3.05, 3.63) is 35.9 Å². The van der Waals surface area contributed by atoms with Gasteiger partial charge in [-0.1, -0.05) is 30.3 Å². The number of benzene rings is 1. The molecule has 0 heterocycles. The fraction of sp³-hybridized carbons (Fsp3) is 0.143. The molecule has 66 valence electrons. The van der Waals surface area contributed by atoms with Gasteiger partial charge < -0.3 is 10.00 Å². The van der Waals surface area contributed by atoms with Gasteiger partial charge in [0.15, 0.2) is 5.85 Å². The second kappa shape index (κ2) is 8.03. The fourth-order valence-corrected chi connectivity index (χ4v) is 1.26. The minimum absolute atomic E-state index is 0. The molecule has 0 aromatic heterocycles. The van der Waals surface area contributed by atoms with Crippen LogP contribution in [0.15, 0.2) is 30.3 Å². The predicted octanol–water partition coefficient (Wildman–Crippen LogP) is 0.493. The molecular formula is C7H10LiO3PTi. The summed E-state index contributed by atoms with van der Waals surface area (Å²) in [6.45, 7) is 0. The van der Waals surface area contributed by atoms with Crippen molar-refractivity contribution in [2.75, 3.05) is 0 Å². The van der Waals surface area contributed by atoms with Gasteiger partial charge in [0, 0.05) is 21.7 Å². The van der Waals surface area contributed by atoms with Crippen LogP contribution in [0.4, 0.5) is 0 Å². The fourth-order valence-electron chi connectivity index (χ4n) is 0.778. The quantitative estimate of drug-likeness (QED) is 0.572. The van der Waals surface area contributed by atoms with Crippen LogP contribution in [0.2, 0.25) is 0 Å². The van der Waals surface area contributed by atoms with Gasteiger partial charge in [-0.05, 0) is 5.56 Å². The van der Waals surface area contributed by atoms with Crippen LogP contribution >= 0.6 is 8.03 Å². The van der Waals surface area contributed by atoms with E-state index in [1.165, 1.54) is 0 Å². The zero-order valence-corrected chi connectivity index (χ0v) is 8.83. The van der Waals surface area contributed by atoms with Gasteiger partial charge in [-0.15, -0.1) is 0 Å². The zero-order valence-electron chi connectivity index (χ0n) is 6.27. The van der Waals surface area contributed by atoms with E-state index in [4.69, 9.17) is 10.00 Å². The van der Waals surface area contributed by atoms with Crippen molar-refractivity contribution in [3.8, 4) is 0 Å². The molecular weight excluding hydrogens is 218 g/mol. The summed E-state index contributed by atoms with van der Waals surface area (Å²) < 4.78 is 10.4. The Morgan fingerprint density at radius 3 is 2.08 bits per heavy atom. The monoisotopic (exact) mass is 228 g/mol. The van der Waals surface area contributed by atoms with Crippen LogP contribution in [-0.4, -0.2) is 28.9 Å². The third kappa shape index (κ3) is 5.20. The van der Waals surface area contributed by atoms with Crippen molar-refractivity contribution in [1.82, 2.24) is 0 Å². The molecule has 0 bridgehead atoms. The van der Waals surface area contributed by atoms with Gasteiger partial charge in [0.1, 0.15) is 0 Å². The molecule has 1 aromatic carbocycles. The summed E-state index contributed by atoms with van der Waals surface area (Å²) in [7, 11) is -2.86. The molecule has 1 rings (SSSR count). The van der Waals surface area contributed by atoms with Gasteiger partial charge in [-0.3, -0.25) is 4.57 Å². The van der Waals surface area contributed by atoms with Gasteiger partial charge in [0.25, 0.3) is 0 Å². The molecule has 2 N–H and O–H groups in total. The molecule has 0 aliphatic rings. The standard InChI is InChI=1S/C7H9O3P.Li.Ti.H/c8-7(11(9)10)6-4-2-1-3-5-6;;;/h1-5,7-8,11H,(H,9,10);;;. The van der Waals surface area contributed by atoms with Gasteiger partial charge in [0.2, 0.25) is 8.03 Å². The minimum Gasteiger partial charge on any atom is 0 e. The van der Waals surface area contributed by atoms with Crippen molar-refractivity contribution in [1.29, 1.82) is 0 Å². The SMILES string of the molecule is O=[PH](O)C(O)c1ccccc1.[LiH].[Ti]. The molecule has 1 aromatic rings. The average Bonchev–Trinajstić information content (AvgIpc) is 2.05. The van der Waals surface area contributed by atoms with Crippen LogP contribution in [0.3, 0.4) is 0 Å². The third-order valence-electron chi connectivity index (χ3n) is 1.35. The Hall–Kier alpha value is 0.682. The number of hydrogen-bond acceptors (Lipinski definition) is 2. The maximum Gasteiger partial charge on any atom is 0 e. The van der Waals surface area contributed by atoms with Crippen molar-refractivity contribution in [2.24, 2.45) is 0 Å². The van der Waals surface area contributed by atoms with Crippen molar-refractivity contribution >= 4 is 26.9 Å². The first-order valence-electron chi connectivity index (χ1n) is 3.17. The maximum absolute atomic E-state index is 10.4.